The van der Waals surface area contributed by atoms with E-state index in [1.807, 2.05) is 18.2 Å². The summed E-state index contributed by atoms with van der Waals surface area (Å²) in [4.78, 5) is 23.6. The first kappa shape index (κ1) is 47.5. The molecule has 2 aromatic heterocycles. The van der Waals surface area contributed by atoms with Gasteiger partial charge in [0.25, 0.3) is 15.9 Å². The maximum Gasteiger partial charge on any atom is 0.268 e. The number of aromatic amines is 1. The van der Waals surface area contributed by atoms with Crippen molar-refractivity contribution in [1.29, 1.82) is 0 Å². The lowest BCUT2D eigenvalue weighted by Crippen LogP contribution is -2.99. The van der Waals surface area contributed by atoms with Crippen molar-refractivity contribution < 1.29 is 28.4 Å². The highest BCUT2D eigenvalue weighted by atomic mass is 35.5. The Morgan fingerprint density at radius 1 is 1.03 bits per heavy atom. The second-order valence-electron chi connectivity index (χ2n) is 18.8. The lowest BCUT2D eigenvalue weighted by Gasteiger charge is -2.41. The molecule has 1 aliphatic heterocycles. The fourth-order valence-corrected chi connectivity index (χ4v) is 10.7. The van der Waals surface area contributed by atoms with Gasteiger partial charge in [0.15, 0.2) is 5.69 Å². The third kappa shape index (κ3) is 11.9. The van der Waals surface area contributed by atoms with E-state index < -0.39 is 21.2 Å². The van der Waals surface area contributed by atoms with Crippen LogP contribution in [0.4, 0.5) is 17.1 Å². The molecule has 15 nitrogen and oxygen atoms in total. The van der Waals surface area contributed by atoms with Crippen LogP contribution in [0.3, 0.4) is 0 Å². The van der Waals surface area contributed by atoms with E-state index in [1.165, 1.54) is 41.1 Å². The second-order valence-corrected chi connectivity index (χ2v) is 20.9. The van der Waals surface area contributed by atoms with E-state index in [1.54, 1.807) is 24.4 Å². The molecular weight excluding hydrogens is 878 g/mol. The standard InChI is InChI=1S/C49H62ClN9O6S/c1-32-31-58(23-22-52-32)39-11-4-33(5-12-39)28-55-44-15-13-41(26-45(44)59(61)62)66(63,64)57-48(60)42-14-10-38(25-46(42)65-40-24-35-17-19-54-47(35)56-30-40)53-21-20-51-29-36-16-18-49(2,3)27-43(36)34-6-8-37(50)9-7-34/h6-10,13-15,17,19,24-26,30,32-33,39,51-53,55,59,61H,4-5,11-12,16,18,20-23,27-29,31H2,1-3H3,(H,54,56)(H,57,60)/t32-,33?,39?/m0/s1. The number of rotatable bonds is 17. The summed E-state index contributed by atoms with van der Waals surface area (Å²) in [6.07, 6.45) is 10.6. The molecule has 2 atom stereocenters. The molecular formula is C49H62ClN9O6S. The minimum Gasteiger partial charge on any atom is -0.595 e. The van der Waals surface area contributed by atoms with Gasteiger partial charge >= 0.3 is 0 Å². The molecule has 352 valence electrons. The summed E-state index contributed by atoms with van der Waals surface area (Å²) in [5.74, 6) is -0.135. The van der Waals surface area contributed by atoms with E-state index in [2.05, 4.69) is 73.8 Å². The van der Waals surface area contributed by atoms with Crippen LogP contribution in [-0.2, 0) is 10.0 Å². The zero-order chi connectivity index (χ0) is 46.4. The lowest BCUT2D eigenvalue weighted by atomic mass is 9.72. The molecule has 3 aromatic carbocycles. The molecule has 8 N–H and O–H groups in total. The third-order valence-corrected chi connectivity index (χ3v) is 14.8. The van der Waals surface area contributed by atoms with Crippen LogP contribution in [0, 0.1) is 16.5 Å². The summed E-state index contributed by atoms with van der Waals surface area (Å²) in [6, 6.07) is 21.4. The average Bonchev–Trinajstić information content (AvgIpc) is 3.77. The van der Waals surface area contributed by atoms with Crippen molar-refractivity contribution >= 4 is 61.2 Å². The van der Waals surface area contributed by atoms with Crippen LogP contribution in [0.5, 0.6) is 11.5 Å². The Morgan fingerprint density at radius 3 is 2.61 bits per heavy atom. The number of nitrogens with zero attached hydrogens (tertiary/aromatic N) is 2. The van der Waals surface area contributed by atoms with Crippen molar-refractivity contribution in [2.75, 3.05) is 56.4 Å². The minimum absolute atomic E-state index is 0.0452. The van der Waals surface area contributed by atoms with Crippen LogP contribution in [0.15, 0.2) is 95.7 Å². The number of H-pyrrole nitrogens is 1. The molecule has 1 saturated carbocycles. The number of piperazine rings is 1. The Morgan fingerprint density at radius 2 is 1.83 bits per heavy atom. The average molecular weight is 941 g/mol. The van der Waals surface area contributed by atoms with Gasteiger partial charge in [-0.2, -0.15) is 5.23 Å². The van der Waals surface area contributed by atoms with Gasteiger partial charge in [0.1, 0.15) is 17.1 Å². The molecule has 0 bridgehead atoms. The van der Waals surface area contributed by atoms with Crippen molar-refractivity contribution in [2.24, 2.45) is 11.3 Å². The van der Waals surface area contributed by atoms with Crippen molar-refractivity contribution in [3.8, 4) is 11.5 Å². The summed E-state index contributed by atoms with van der Waals surface area (Å²) < 4.78 is 35.9. The van der Waals surface area contributed by atoms with Gasteiger partial charge in [0.2, 0.25) is 0 Å². The van der Waals surface area contributed by atoms with E-state index in [0.29, 0.717) is 60.4 Å². The predicted molar refractivity (Wildman–Crippen MR) is 260 cm³/mol. The number of carbonyl (C=O) groups excluding carboxylic acids is 1. The zero-order valence-electron chi connectivity index (χ0n) is 37.9. The Hall–Kier alpha value is -5.04. The number of nitrogens with one attached hydrogen (secondary N) is 7. The number of pyridine rings is 1. The molecule has 0 spiro atoms. The molecule has 2 fully saturated rings. The van der Waals surface area contributed by atoms with E-state index in [4.69, 9.17) is 16.3 Å². The third-order valence-electron chi connectivity index (χ3n) is 13.2. The smallest absolute Gasteiger partial charge is 0.268 e. The maximum atomic E-state index is 13.9. The quantitative estimate of drug-likeness (QED) is 0.0339. The monoisotopic (exact) mass is 939 g/mol. The van der Waals surface area contributed by atoms with Gasteiger partial charge in [0, 0.05) is 92.3 Å². The SMILES string of the molecule is C[C@H]1CN(C2CCC(CNc3ccc(S(=O)(=O)NC(=O)c4ccc(NCCNCC5=C(c6ccc(Cl)cc6)CC(C)(C)CC5)cc4Oc4cnc5[nH]ccc5c4)cc3[NH+]([O-])O)CC2)CCN1. The van der Waals surface area contributed by atoms with E-state index in [9.17, 15) is 23.6 Å². The number of benzene rings is 3. The topological polar surface area (TPSA) is 200 Å². The summed E-state index contributed by atoms with van der Waals surface area (Å²) in [7, 11) is -4.52. The number of anilines is 2. The number of carbonyl (C=O) groups is 1. The Bertz CT molecular complexity index is 2630. The summed E-state index contributed by atoms with van der Waals surface area (Å²) in [5.41, 5.74) is 5.56. The molecule has 0 radical (unpaired) electrons. The van der Waals surface area contributed by atoms with Gasteiger partial charge in [-0.25, -0.2) is 23.3 Å². The fourth-order valence-electron chi connectivity index (χ4n) is 9.55. The molecule has 1 saturated heterocycles. The van der Waals surface area contributed by atoms with Crippen LogP contribution in [0.2, 0.25) is 5.02 Å². The number of amides is 1. The normalized spacial score (nSPS) is 20.8. The fraction of sp³-hybridized carbons (Fsp3) is 0.429. The van der Waals surface area contributed by atoms with Gasteiger partial charge in [0.05, 0.1) is 22.3 Å². The van der Waals surface area contributed by atoms with Crippen LogP contribution in [0.1, 0.15) is 81.6 Å². The first-order chi connectivity index (χ1) is 31.7. The highest BCUT2D eigenvalue weighted by Crippen LogP contribution is 2.43. The molecule has 3 heterocycles. The summed E-state index contributed by atoms with van der Waals surface area (Å²) in [5, 5.41) is 36.6. The van der Waals surface area contributed by atoms with Crippen LogP contribution >= 0.6 is 11.6 Å². The summed E-state index contributed by atoms with van der Waals surface area (Å²) in [6.45, 7) is 12.5. The number of hydrogen-bond donors (Lipinski definition) is 8. The van der Waals surface area contributed by atoms with Gasteiger partial charge < -0.3 is 36.2 Å². The summed E-state index contributed by atoms with van der Waals surface area (Å²) >= 11 is 6.20. The number of halogens is 1. The first-order valence-electron chi connectivity index (χ1n) is 23.0. The Kier molecular flexibility index (Phi) is 15.0. The molecule has 17 heteroatoms. The Balaban J connectivity index is 0.922. The van der Waals surface area contributed by atoms with Crippen molar-refractivity contribution in [1.82, 2.24) is 30.2 Å². The Labute approximate surface area is 392 Å². The van der Waals surface area contributed by atoms with Gasteiger partial charge in [-0.3, -0.25) is 9.69 Å². The number of quaternary nitrogens is 1. The highest BCUT2D eigenvalue weighted by Gasteiger charge is 2.30. The van der Waals surface area contributed by atoms with Crippen LogP contribution in [0.25, 0.3) is 16.6 Å². The molecule has 5 aromatic rings. The van der Waals surface area contributed by atoms with E-state index >= 15 is 0 Å². The number of ether oxygens (including phenoxy) is 1. The van der Waals surface area contributed by atoms with Gasteiger partial charge in [-0.1, -0.05) is 43.2 Å². The van der Waals surface area contributed by atoms with Crippen LogP contribution < -0.4 is 36.0 Å². The minimum atomic E-state index is -4.52. The second kappa shape index (κ2) is 20.9. The molecule has 66 heavy (non-hydrogen) atoms. The number of allylic oxidation sites excluding steroid dienone is 1. The number of aromatic nitrogens is 2. The number of fused-ring (bicyclic) bond motifs is 1. The lowest BCUT2D eigenvalue weighted by molar-refractivity contribution is -0.990. The van der Waals surface area contributed by atoms with Crippen molar-refractivity contribution in [2.45, 2.75) is 82.7 Å². The largest absolute Gasteiger partial charge is 0.595 e. The number of sulfonamides is 1. The first-order valence-corrected chi connectivity index (χ1v) is 24.9. The predicted octanol–water partition coefficient (Wildman–Crippen LogP) is 7.46. The maximum absolute atomic E-state index is 13.9. The molecule has 1 unspecified atom stereocenters. The van der Waals surface area contributed by atoms with Gasteiger partial charge in [-0.05, 0) is 123 Å². The van der Waals surface area contributed by atoms with E-state index in [-0.39, 0.29) is 27.3 Å². The van der Waals surface area contributed by atoms with Crippen LogP contribution in [-0.4, -0.2) is 92.3 Å². The molecule has 1 amide bonds. The molecule has 8 rings (SSSR count). The van der Waals surface area contributed by atoms with Gasteiger partial charge in [-0.15, -0.1) is 0 Å². The highest BCUT2D eigenvalue weighted by molar-refractivity contribution is 7.90. The zero-order valence-corrected chi connectivity index (χ0v) is 39.5. The van der Waals surface area contributed by atoms with E-state index in [0.717, 1.165) is 87.6 Å². The molecule has 3 aliphatic rings. The molecule has 2 aliphatic carbocycles. The van der Waals surface area contributed by atoms with Crippen molar-refractivity contribution in [3.05, 3.63) is 112 Å². The number of hydrogen-bond acceptors (Lipinski definition) is 12. The van der Waals surface area contributed by atoms with Crippen molar-refractivity contribution in [3.63, 3.8) is 0 Å².